The van der Waals surface area contributed by atoms with Gasteiger partial charge < -0.3 is 9.55 Å². The summed E-state index contributed by atoms with van der Waals surface area (Å²) < 4.78 is 2.35. The molecule has 0 aliphatic rings. The van der Waals surface area contributed by atoms with Crippen LogP contribution in [0.3, 0.4) is 0 Å². The summed E-state index contributed by atoms with van der Waals surface area (Å²) in [7, 11) is 0. The van der Waals surface area contributed by atoms with Crippen LogP contribution in [-0.4, -0.2) is 14.5 Å². The van der Waals surface area contributed by atoms with Crippen molar-refractivity contribution in [1.82, 2.24) is 14.5 Å². The van der Waals surface area contributed by atoms with E-state index in [1.165, 1.54) is 17.3 Å². The number of imidazole rings is 1. The summed E-state index contributed by atoms with van der Waals surface area (Å²) in [5, 5.41) is 1.30. The number of fused-ring (bicyclic) bond motifs is 1. The van der Waals surface area contributed by atoms with Crippen LogP contribution in [0.25, 0.3) is 10.9 Å². The standard InChI is InChI=1S/C18H23N3/c1-3-14(2)12-16(18-19-9-10-20-18)13-21-11-8-15-6-4-5-7-17(15)21/h4-11,14,16H,3,12-13H2,1-2H3,(H,19,20). The molecule has 3 nitrogen and oxygen atoms in total. The molecule has 1 N–H and O–H groups in total. The summed E-state index contributed by atoms with van der Waals surface area (Å²) in [6.07, 6.45) is 8.34. The first-order valence-electron chi connectivity index (χ1n) is 7.81. The monoisotopic (exact) mass is 281 g/mol. The lowest BCUT2D eigenvalue weighted by molar-refractivity contribution is 0.411. The lowest BCUT2D eigenvalue weighted by Crippen LogP contribution is -2.13. The summed E-state index contributed by atoms with van der Waals surface area (Å²) >= 11 is 0. The van der Waals surface area contributed by atoms with Gasteiger partial charge in [0.25, 0.3) is 0 Å². The Labute approximate surface area is 126 Å². The van der Waals surface area contributed by atoms with Crippen molar-refractivity contribution < 1.29 is 0 Å². The second-order valence-corrected chi connectivity index (χ2v) is 5.95. The average Bonchev–Trinajstić information content (AvgIpc) is 3.16. The molecule has 21 heavy (non-hydrogen) atoms. The van der Waals surface area contributed by atoms with Gasteiger partial charge >= 0.3 is 0 Å². The first-order chi connectivity index (χ1) is 10.3. The van der Waals surface area contributed by atoms with E-state index in [1.807, 2.05) is 12.4 Å². The summed E-state index contributed by atoms with van der Waals surface area (Å²) in [6.45, 7) is 5.56. The molecule has 0 bridgehead atoms. The number of para-hydroxylation sites is 1. The molecule has 0 saturated carbocycles. The quantitative estimate of drug-likeness (QED) is 0.704. The minimum absolute atomic E-state index is 0.436. The molecule has 0 saturated heterocycles. The van der Waals surface area contributed by atoms with Gasteiger partial charge in [-0.25, -0.2) is 4.98 Å². The fourth-order valence-electron chi connectivity index (χ4n) is 2.96. The molecular weight excluding hydrogens is 258 g/mol. The number of H-pyrrole nitrogens is 1. The summed E-state index contributed by atoms with van der Waals surface area (Å²) in [5.41, 5.74) is 1.30. The van der Waals surface area contributed by atoms with E-state index in [0.29, 0.717) is 11.8 Å². The largest absolute Gasteiger partial charge is 0.348 e. The van der Waals surface area contributed by atoms with Crippen LogP contribution in [0.5, 0.6) is 0 Å². The molecular formula is C18H23N3. The van der Waals surface area contributed by atoms with Crippen LogP contribution in [0, 0.1) is 5.92 Å². The molecule has 2 heterocycles. The van der Waals surface area contributed by atoms with Crippen molar-refractivity contribution in [2.45, 2.75) is 39.2 Å². The Morgan fingerprint density at radius 1 is 1.24 bits per heavy atom. The van der Waals surface area contributed by atoms with Gasteiger partial charge in [0.15, 0.2) is 0 Å². The van der Waals surface area contributed by atoms with E-state index in [0.717, 1.165) is 18.8 Å². The Hall–Kier alpha value is -2.03. The average molecular weight is 281 g/mol. The van der Waals surface area contributed by atoms with Crippen LogP contribution in [-0.2, 0) is 6.54 Å². The van der Waals surface area contributed by atoms with Crippen LogP contribution in [0.1, 0.15) is 38.4 Å². The maximum absolute atomic E-state index is 4.50. The van der Waals surface area contributed by atoms with Crippen molar-refractivity contribution in [3.05, 3.63) is 54.7 Å². The third-order valence-electron chi connectivity index (χ3n) is 4.39. The fourth-order valence-corrected chi connectivity index (χ4v) is 2.96. The normalized spacial score (nSPS) is 14.4. The van der Waals surface area contributed by atoms with Gasteiger partial charge in [-0.1, -0.05) is 38.5 Å². The first kappa shape index (κ1) is 13.9. The Kier molecular flexibility index (Phi) is 4.09. The number of aromatic nitrogens is 3. The van der Waals surface area contributed by atoms with Crippen molar-refractivity contribution in [3.63, 3.8) is 0 Å². The minimum Gasteiger partial charge on any atom is -0.348 e. The molecule has 0 spiro atoms. The highest BCUT2D eigenvalue weighted by molar-refractivity contribution is 5.79. The van der Waals surface area contributed by atoms with Gasteiger partial charge in [-0.2, -0.15) is 0 Å². The van der Waals surface area contributed by atoms with Gasteiger partial charge in [0.05, 0.1) is 0 Å². The number of rotatable bonds is 6. The second kappa shape index (κ2) is 6.17. The molecule has 3 aromatic rings. The van der Waals surface area contributed by atoms with Crippen LogP contribution in [0.4, 0.5) is 0 Å². The highest BCUT2D eigenvalue weighted by Crippen LogP contribution is 2.26. The van der Waals surface area contributed by atoms with Crippen molar-refractivity contribution >= 4 is 10.9 Å². The molecule has 110 valence electrons. The third-order valence-corrected chi connectivity index (χ3v) is 4.39. The predicted molar refractivity (Wildman–Crippen MR) is 87.3 cm³/mol. The van der Waals surface area contributed by atoms with Crippen molar-refractivity contribution in [2.75, 3.05) is 0 Å². The van der Waals surface area contributed by atoms with Gasteiger partial charge in [-0.05, 0) is 29.9 Å². The van der Waals surface area contributed by atoms with Gasteiger partial charge in [0, 0.05) is 36.6 Å². The maximum Gasteiger partial charge on any atom is 0.110 e. The van der Waals surface area contributed by atoms with E-state index >= 15 is 0 Å². The molecule has 0 fully saturated rings. The molecule has 0 aliphatic carbocycles. The lowest BCUT2D eigenvalue weighted by atomic mass is 9.93. The Morgan fingerprint density at radius 3 is 2.86 bits per heavy atom. The summed E-state index contributed by atoms with van der Waals surface area (Å²) in [5.74, 6) is 2.25. The molecule has 0 amide bonds. The maximum atomic E-state index is 4.50. The highest BCUT2D eigenvalue weighted by atomic mass is 15.0. The van der Waals surface area contributed by atoms with Gasteiger partial charge in [0.1, 0.15) is 5.82 Å². The molecule has 0 radical (unpaired) electrons. The predicted octanol–water partition coefficient (Wildman–Crippen LogP) is 4.58. The Bertz CT molecular complexity index is 681. The smallest absolute Gasteiger partial charge is 0.110 e. The van der Waals surface area contributed by atoms with E-state index in [-0.39, 0.29) is 0 Å². The van der Waals surface area contributed by atoms with Crippen LogP contribution in [0.15, 0.2) is 48.9 Å². The zero-order valence-electron chi connectivity index (χ0n) is 12.8. The highest BCUT2D eigenvalue weighted by Gasteiger charge is 2.18. The van der Waals surface area contributed by atoms with Crippen LogP contribution < -0.4 is 0 Å². The SMILES string of the molecule is CCC(C)CC(Cn1ccc2ccccc21)c1ncc[nH]1. The van der Waals surface area contributed by atoms with Crippen LogP contribution in [0.2, 0.25) is 0 Å². The van der Waals surface area contributed by atoms with E-state index in [1.54, 1.807) is 0 Å². The van der Waals surface area contributed by atoms with E-state index in [9.17, 15) is 0 Å². The number of nitrogens with one attached hydrogen (secondary N) is 1. The zero-order valence-corrected chi connectivity index (χ0v) is 12.8. The fraction of sp³-hybridized carbons (Fsp3) is 0.389. The lowest BCUT2D eigenvalue weighted by Gasteiger charge is -2.20. The molecule has 3 heteroatoms. The summed E-state index contributed by atoms with van der Waals surface area (Å²) in [6, 6.07) is 10.8. The molecule has 2 aromatic heterocycles. The van der Waals surface area contributed by atoms with Crippen molar-refractivity contribution in [2.24, 2.45) is 5.92 Å². The number of hydrogen-bond acceptors (Lipinski definition) is 1. The number of benzene rings is 1. The van der Waals surface area contributed by atoms with Gasteiger partial charge in [-0.15, -0.1) is 0 Å². The third kappa shape index (κ3) is 3.02. The minimum atomic E-state index is 0.436. The van der Waals surface area contributed by atoms with Gasteiger partial charge in [-0.3, -0.25) is 0 Å². The van der Waals surface area contributed by atoms with E-state index in [4.69, 9.17) is 0 Å². The molecule has 2 atom stereocenters. The Morgan fingerprint density at radius 2 is 2.10 bits per heavy atom. The summed E-state index contributed by atoms with van der Waals surface area (Å²) in [4.78, 5) is 7.80. The second-order valence-electron chi connectivity index (χ2n) is 5.95. The van der Waals surface area contributed by atoms with Crippen molar-refractivity contribution in [3.8, 4) is 0 Å². The number of hydrogen-bond donors (Lipinski definition) is 1. The molecule has 1 aromatic carbocycles. The molecule has 3 rings (SSSR count). The zero-order chi connectivity index (χ0) is 14.7. The van der Waals surface area contributed by atoms with Gasteiger partial charge in [0.2, 0.25) is 0 Å². The molecule has 0 aliphatic heterocycles. The number of aromatic amines is 1. The Balaban J connectivity index is 1.87. The molecule has 2 unspecified atom stereocenters. The first-order valence-corrected chi connectivity index (χ1v) is 7.81. The van der Waals surface area contributed by atoms with E-state index in [2.05, 4.69) is 64.9 Å². The topological polar surface area (TPSA) is 33.6 Å². The van der Waals surface area contributed by atoms with E-state index < -0.39 is 0 Å². The van der Waals surface area contributed by atoms with Crippen molar-refractivity contribution in [1.29, 1.82) is 0 Å². The number of nitrogens with zero attached hydrogens (tertiary/aromatic N) is 2. The van der Waals surface area contributed by atoms with Crippen LogP contribution >= 0.6 is 0 Å².